The molecule has 174 valence electrons. The third-order valence-corrected chi connectivity index (χ3v) is 6.01. The van der Waals surface area contributed by atoms with Gasteiger partial charge < -0.3 is 14.8 Å². The molecule has 2 aromatic carbocycles. The van der Waals surface area contributed by atoms with Gasteiger partial charge in [-0.2, -0.15) is 13.2 Å². The third kappa shape index (κ3) is 5.59. The molecule has 7 nitrogen and oxygen atoms in total. The van der Waals surface area contributed by atoms with Crippen LogP contribution < -0.4 is 15.0 Å². The van der Waals surface area contributed by atoms with E-state index < -0.39 is 30.0 Å². The Labute approximate surface area is 191 Å². The Morgan fingerprint density at radius 2 is 1.76 bits per heavy atom. The van der Waals surface area contributed by atoms with Crippen molar-refractivity contribution in [1.82, 2.24) is 5.32 Å². The summed E-state index contributed by atoms with van der Waals surface area (Å²) < 4.78 is 49.1. The highest BCUT2D eigenvalue weighted by atomic mass is 32.2. The number of carbonyl (C=O) groups is 3. The van der Waals surface area contributed by atoms with E-state index in [0.29, 0.717) is 36.0 Å². The second kappa shape index (κ2) is 9.34. The van der Waals surface area contributed by atoms with Crippen LogP contribution in [0.1, 0.15) is 17.5 Å². The number of cyclic esters (lactones) is 1. The Morgan fingerprint density at radius 1 is 1.06 bits per heavy atom. The van der Waals surface area contributed by atoms with Gasteiger partial charge in [-0.15, -0.1) is 0 Å². The Balaban J connectivity index is 1.24. The van der Waals surface area contributed by atoms with Gasteiger partial charge in [-0.05, 0) is 42.0 Å². The molecule has 0 radical (unpaired) electrons. The van der Waals surface area contributed by atoms with E-state index >= 15 is 0 Å². The van der Waals surface area contributed by atoms with Gasteiger partial charge in [0.05, 0.1) is 18.7 Å². The number of ether oxygens (including phenoxy) is 2. The zero-order valence-electron chi connectivity index (χ0n) is 17.1. The summed E-state index contributed by atoms with van der Waals surface area (Å²) in [7, 11) is 0. The van der Waals surface area contributed by atoms with Crippen LogP contribution in [0, 0.1) is 0 Å². The van der Waals surface area contributed by atoms with Gasteiger partial charge in [0, 0.05) is 30.3 Å². The number of hydrogen-bond donors (Lipinski definition) is 1. The molecular formula is C22H19F3N2O5S. The van der Waals surface area contributed by atoms with Crippen molar-refractivity contribution in [3.63, 3.8) is 0 Å². The predicted octanol–water partition coefficient (Wildman–Crippen LogP) is 4.39. The topological polar surface area (TPSA) is 84.9 Å². The fourth-order valence-corrected chi connectivity index (χ4v) is 4.17. The summed E-state index contributed by atoms with van der Waals surface area (Å²) in [6.07, 6.45) is -4.70. The lowest BCUT2D eigenvalue weighted by atomic mass is 10.1. The molecule has 2 unspecified atom stereocenters. The van der Waals surface area contributed by atoms with Crippen LogP contribution in [0.3, 0.4) is 0 Å². The minimum Gasteiger partial charge on any atom is -0.493 e. The van der Waals surface area contributed by atoms with Gasteiger partial charge in [-0.25, -0.2) is 4.79 Å². The first kappa shape index (κ1) is 23.0. The largest absolute Gasteiger partial charge is 0.493 e. The Bertz CT molecular complexity index is 1040. The molecule has 2 aliphatic heterocycles. The number of halogens is 3. The minimum atomic E-state index is -4.44. The number of hydrogen-bond acceptors (Lipinski definition) is 6. The van der Waals surface area contributed by atoms with Gasteiger partial charge >= 0.3 is 12.3 Å². The minimum absolute atomic E-state index is 0.197. The number of carbonyl (C=O) groups excluding carboxylic acids is 3. The van der Waals surface area contributed by atoms with E-state index in [2.05, 4.69) is 5.32 Å². The van der Waals surface area contributed by atoms with Crippen molar-refractivity contribution in [2.24, 2.45) is 0 Å². The number of rotatable bonds is 7. The average molecular weight is 480 g/mol. The van der Waals surface area contributed by atoms with Crippen molar-refractivity contribution in [3.05, 3.63) is 59.7 Å². The van der Waals surface area contributed by atoms with Crippen molar-refractivity contribution in [2.45, 2.75) is 31.2 Å². The number of nitrogens with one attached hydrogen (secondary N) is 1. The number of benzene rings is 2. The molecule has 33 heavy (non-hydrogen) atoms. The molecule has 2 heterocycles. The first-order chi connectivity index (χ1) is 15.7. The van der Waals surface area contributed by atoms with E-state index in [1.54, 1.807) is 24.3 Å². The van der Waals surface area contributed by atoms with Crippen LogP contribution in [0.4, 0.5) is 28.4 Å². The normalized spacial score (nSPS) is 20.7. The van der Waals surface area contributed by atoms with E-state index in [4.69, 9.17) is 9.47 Å². The molecule has 2 atom stereocenters. The van der Waals surface area contributed by atoms with Gasteiger partial charge in [0.15, 0.2) is 0 Å². The molecule has 2 aliphatic rings. The first-order valence-electron chi connectivity index (χ1n) is 10.1. The summed E-state index contributed by atoms with van der Waals surface area (Å²) in [4.78, 5) is 36.3. The smallest absolute Gasteiger partial charge is 0.416 e. The summed E-state index contributed by atoms with van der Waals surface area (Å²) in [5, 5.41) is 2.07. The molecule has 0 aliphatic carbocycles. The van der Waals surface area contributed by atoms with Crippen LogP contribution in [0.2, 0.25) is 0 Å². The van der Waals surface area contributed by atoms with Gasteiger partial charge in [0.2, 0.25) is 5.12 Å². The maximum Gasteiger partial charge on any atom is 0.416 e. The van der Waals surface area contributed by atoms with E-state index in [-0.39, 0.29) is 23.5 Å². The zero-order valence-corrected chi connectivity index (χ0v) is 17.9. The van der Waals surface area contributed by atoms with E-state index in [1.807, 2.05) is 0 Å². The predicted molar refractivity (Wildman–Crippen MR) is 114 cm³/mol. The highest BCUT2D eigenvalue weighted by Gasteiger charge is 2.34. The highest BCUT2D eigenvalue weighted by Crippen LogP contribution is 2.31. The fraction of sp³-hybridized carbons (Fsp3) is 0.318. The van der Waals surface area contributed by atoms with E-state index in [0.717, 1.165) is 17.7 Å². The van der Waals surface area contributed by atoms with Crippen molar-refractivity contribution >= 4 is 33.9 Å². The zero-order chi connectivity index (χ0) is 23.6. The monoisotopic (exact) mass is 480 g/mol. The molecule has 2 aromatic rings. The Hall–Kier alpha value is -3.21. The molecule has 0 aromatic heterocycles. The summed E-state index contributed by atoms with van der Waals surface area (Å²) in [5.41, 5.74) is 0.427. The second-order valence-corrected chi connectivity index (χ2v) is 8.53. The highest BCUT2D eigenvalue weighted by molar-refractivity contribution is 8.26. The molecule has 11 heteroatoms. The molecule has 4 rings (SSSR count). The number of nitrogens with zero attached hydrogens (tertiary/aromatic N) is 1. The van der Waals surface area contributed by atoms with Crippen molar-refractivity contribution < 1.29 is 37.0 Å². The number of amides is 2. The summed E-state index contributed by atoms with van der Waals surface area (Å²) >= 11 is 0.676. The second-order valence-electron chi connectivity index (χ2n) is 7.55. The van der Waals surface area contributed by atoms with Crippen molar-refractivity contribution in [1.29, 1.82) is 0 Å². The van der Waals surface area contributed by atoms with Crippen molar-refractivity contribution in [3.8, 4) is 5.75 Å². The lowest BCUT2D eigenvalue weighted by Gasteiger charge is -2.14. The lowest BCUT2D eigenvalue weighted by Crippen LogP contribution is -2.30. The first-order valence-corrected chi connectivity index (χ1v) is 10.9. The van der Waals surface area contributed by atoms with Crippen LogP contribution in [0.5, 0.6) is 5.75 Å². The summed E-state index contributed by atoms with van der Waals surface area (Å²) in [6, 6.07) is 10.9. The lowest BCUT2D eigenvalue weighted by molar-refractivity contribution is -0.137. The van der Waals surface area contributed by atoms with Gasteiger partial charge in [-0.1, -0.05) is 12.1 Å². The van der Waals surface area contributed by atoms with E-state index in [1.165, 1.54) is 17.0 Å². The van der Waals surface area contributed by atoms with E-state index in [9.17, 15) is 27.6 Å². The van der Waals surface area contributed by atoms with Crippen LogP contribution in [-0.4, -0.2) is 41.7 Å². The van der Waals surface area contributed by atoms with Crippen LogP contribution in [-0.2, 0) is 22.1 Å². The molecule has 2 saturated heterocycles. The average Bonchev–Trinajstić information content (AvgIpc) is 3.29. The standard InChI is InChI=1S/C22H19F3N2O5S/c23-22(24,25)14-3-5-15(6-4-14)27-12-17(32-21(27)30)9-10-31-16-7-1-13(2-8-16)11-18-19(28)33-20(29)26-18/h1-8,17-18H,9-12H2,(H,26,29). The number of thioether (sulfide) groups is 1. The third-order valence-electron chi connectivity index (χ3n) is 5.22. The quantitative estimate of drug-likeness (QED) is 0.633. The molecule has 0 spiro atoms. The number of alkyl halides is 3. The van der Waals surface area contributed by atoms with Gasteiger partial charge in [-0.3, -0.25) is 14.5 Å². The molecule has 1 N–H and O–H groups in total. The van der Waals surface area contributed by atoms with Crippen LogP contribution in [0.25, 0.3) is 0 Å². The SMILES string of the molecule is O=C1NC(Cc2ccc(OCCC3CN(c4ccc(C(F)(F)F)cc4)C(=O)O3)cc2)C(=O)S1. The maximum absolute atomic E-state index is 12.7. The van der Waals surface area contributed by atoms with Crippen LogP contribution >= 0.6 is 11.8 Å². The molecule has 0 bridgehead atoms. The number of anilines is 1. The Kier molecular flexibility index (Phi) is 6.50. The Morgan fingerprint density at radius 3 is 2.36 bits per heavy atom. The van der Waals surface area contributed by atoms with Crippen molar-refractivity contribution in [2.75, 3.05) is 18.1 Å². The fourth-order valence-electron chi connectivity index (χ4n) is 3.51. The molecular weight excluding hydrogens is 461 g/mol. The molecule has 2 amide bonds. The molecule has 0 saturated carbocycles. The van der Waals surface area contributed by atoms with Gasteiger partial charge in [0.25, 0.3) is 5.24 Å². The van der Waals surface area contributed by atoms with Crippen LogP contribution in [0.15, 0.2) is 48.5 Å². The van der Waals surface area contributed by atoms with Gasteiger partial charge in [0.1, 0.15) is 17.9 Å². The maximum atomic E-state index is 12.7. The molecule has 2 fully saturated rings. The summed E-state index contributed by atoms with van der Waals surface area (Å²) in [6.45, 7) is 0.484. The summed E-state index contributed by atoms with van der Waals surface area (Å²) in [5.74, 6) is 0.596.